The number of ether oxygens (including phenoxy) is 4. The summed E-state index contributed by atoms with van der Waals surface area (Å²) in [6, 6.07) is 4.98. The van der Waals surface area contributed by atoms with Crippen molar-refractivity contribution < 1.29 is 69.1 Å². The van der Waals surface area contributed by atoms with Gasteiger partial charge < -0.3 is 54.7 Å². The largest absolute Gasteiger partial charge is 0.512 e. The molecule has 2 heterocycles. The first-order chi connectivity index (χ1) is 21.7. The predicted molar refractivity (Wildman–Crippen MR) is 154 cm³/mol. The van der Waals surface area contributed by atoms with Crippen LogP contribution < -0.4 is 9.47 Å². The third-order valence-corrected chi connectivity index (χ3v) is 9.44. The number of carbonyl (C=O) groups is 3. The predicted octanol–water partition coefficient (Wildman–Crippen LogP) is 2.01. The molecule has 14 heteroatoms. The van der Waals surface area contributed by atoms with Crippen LogP contribution in [0.1, 0.15) is 48.7 Å². The van der Waals surface area contributed by atoms with Gasteiger partial charge in [-0.2, -0.15) is 0 Å². The Hall–Kier alpha value is -4.79. The van der Waals surface area contributed by atoms with Gasteiger partial charge in [0.2, 0.25) is 5.78 Å². The van der Waals surface area contributed by atoms with E-state index < -0.39 is 98.8 Å². The number of phenolic OH excluding ortho intramolecular Hbond substituents is 2. The molecule has 2 aliphatic carbocycles. The highest BCUT2D eigenvalue weighted by Crippen LogP contribution is 2.57. The normalized spacial score (nSPS) is 31.5. The van der Waals surface area contributed by atoms with E-state index in [9.17, 15) is 50.1 Å². The average molecular weight is 641 g/mol. The molecule has 244 valence electrons. The molecule has 7 N–H and O–H groups in total. The fourth-order valence-electron chi connectivity index (χ4n) is 7.18. The van der Waals surface area contributed by atoms with Gasteiger partial charge in [0.25, 0.3) is 11.2 Å². The van der Waals surface area contributed by atoms with Crippen LogP contribution in [-0.4, -0.2) is 91.1 Å². The lowest BCUT2D eigenvalue weighted by Crippen LogP contribution is -2.63. The Kier molecular flexibility index (Phi) is 7.03. The van der Waals surface area contributed by atoms with E-state index >= 15 is 0 Å². The Morgan fingerprint density at radius 2 is 1.26 bits per heavy atom. The maximum atomic E-state index is 13.9. The highest BCUT2D eigenvalue weighted by molar-refractivity contribution is 6.19. The maximum Gasteiger partial charge on any atom is 0.358 e. The number of ketones is 1. The Balaban J connectivity index is 1.52. The molecular weight excluding hydrogens is 608 g/mol. The van der Waals surface area contributed by atoms with Gasteiger partial charge in [-0.25, -0.2) is 9.59 Å². The second kappa shape index (κ2) is 10.4. The number of Topliss-reactive ketones (excluding diaryl/α,β-unsaturated/α-hetero) is 1. The van der Waals surface area contributed by atoms with E-state index in [0.717, 1.165) is 14.2 Å². The lowest BCUT2D eigenvalue weighted by Gasteiger charge is -2.47. The van der Waals surface area contributed by atoms with Crippen molar-refractivity contribution in [3.8, 4) is 34.1 Å². The standard InChI is InChI=1S/C32H32O14/c1-11-9-15(33)21-25(37)19-17(45-31(21,27(11)39)29(41)43-3)7-5-13(23(19)35)14-6-8-18-20(24(14)36)26(38)22-16(34)10-12(2)28(40)32(22,46-18)30(42)44-4/h5-8,11-12,25,27-28,33-37,39-40H,9-10H2,1-4H3/t11-,12-,25?,27+,28+,31+,32+/m0/s1. The van der Waals surface area contributed by atoms with E-state index in [2.05, 4.69) is 0 Å². The number of aliphatic hydroxyl groups excluding tert-OH is 5. The minimum Gasteiger partial charge on any atom is -0.512 e. The number of carbonyl (C=O) groups excluding carboxylic acids is 3. The van der Waals surface area contributed by atoms with Gasteiger partial charge in [0, 0.05) is 24.0 Å². The summed E-state index contributed by atoms with van der Waals surface area (Å²) in [6.07, 6.45) is -5.33. The monoisotopic (exact) mass is 640 g/mol. The molecule has 0 aromatic heterocycles. The highest BCUT2D eigenvalue weighted by atomic mass is 16.6. The number of rotatable bonds is 3. The van der Waals surface area contributed by atoms with E-state index in [-0.39, 0.29) is 41.0 Å². The van der Waals surface area contributed by atoms with Gasteiger partial charge in [-0.05, 0) is 36.1 Å². The minimum absolute atomic E-state index is 0.123. The maximum absolute atomic E-state index is 13.9. The molecule has 0 saturated carbocycles. The van der Waals surface area contributed by atoms with Crippen LogP contribution in [0.25, 0.3) is 11.1 Å². The smallest absolute Gasteiger partial charge is 0.358 e. The Morgan fingerprint density at radius 1 is 0.761 bits per heavy atom. The Morgan fingerprint density at radius 3 is 1.87 bits per heavy atom. The third-order valence-electron chi connectivity index (χ3n) is 9.44. The van der Waals surface area contributed by atoms with E-state index in [4.69, 9.17) is 18.9 Å². The summed E-state index contributed by atoms with van der Waals surface area (Å²) in [6.45, 7) is 3.11. The molecule has 2 aliphatic heterocycles. The number of benzene rings is 2. The lowest BCUT2D eigenvalue weighted by atomic mass is 9.69. The van der Waals surface area contributed by atoms with Crippen LogP contribution in [0, 0.1) is 11.8 Å². The molecule has 0 fully saturated rings. The zero-order valence-electron chi connectivity index (χ0n) is 25.1. The van der Waals surface area contributed by atoms with Gasteiger partial charge in [0.15, 0.2) is 0 Å². The number of hydrogen-bond donors (Lipinski definition) is 7. The second-order valence-corrected chi connectivity index (χ2v) is 12.0. The minimum atomic E-state index is -2.41. The summed E-state index contributed by atoms with van der Waals surface area (Å²) >= 11 is 0. The Bertz CT molecular complexity index is 1770. The molecule has 0 bridgehead atoms. The molecular formula is C32H32O14. The summed E-state index contributed by atoms with van der Waals surface area (Å²) in [5.74, 6) is -7.58. The van der Waals surface area contributed by atoms with Crippen LogP contribution in [0.2, 0.25) is 0 Å². The van der Waals surface area contributed by atoms with Crippen molar-refractivity contribution in [2.24, 2.45) is 11.8 Å². The Labute approximate surface area is 261 Å². The molecule has 0 amide bonds. The molecule has 46 heavy (non-hydrogen) atoms. The zero-order valence-corrected chi connectivity index (χ0v) is 25.1. The van der Waals surface area contributed by atoms with E-state index in [1.165, 1.54) is 24.3 Å². The van der Waals surface area contributed by atoms with Gasteiger partial charge in [-0.3, -0.25) is 4.79 Å². The average Bonchev–Trinajstić information content (AvgIpc) is 3.01. The molecule has 2 aromatic rings. The van der Waals surface area contributed by atoms with Crippen molar-refractivity contribution in [1.29, 1.82) is 0 Å². The first kappa shape index (κ1) is 31.2. The zero-order chi connectivity index (χ0) is 33.6. The van der Waals surface area contributed by atoms with Crippen molar-refractivity contribution in [2.45, 2.75) is 56.2 Å². The van der Waals surface area contributed by atoms with E-state index in [1.54, 1.807) is 13.8 Å². The SMILES string of the molecule is COC(=O)[C@@]12Oc3ccc(-c4ccc5c(c4O)C(O)C4=C(O)C[C@H](C)[C@@H](O)[C@]4(C(=O)OC)O5)c(O)c3C(=O)C1=C(O)C[C@H](C)[C@H]2O. The molecule has 4 aliphatic rings. The van der Waals surface area contributed by atoms with Crippen molar-refractivity contribution in [1.82, 2.24) is 0 Å². The number of hydrogen-bond acceptors (Lipinski definition) is 14. The molecule has 0 radical (unpaired) electrons. The number of esters is 2. The van der Waals surface area contributed by atoms with Crippen molar-refractivity contribution >= 4 is 17.7 Å². The summed E-state index contributed by atoms with van der Waals surface area (Å²) in [5.41, 5.74) is -6.83. The molecule has 1 unspecified atom stereocenters. The number of fused-ring (bicyclic) bond motifs is 4. The first-order valence-electron chi connectivity index (χ1n) is 14.4. The molecule has 0 saturated heterocycles. The fraction of sp³-hybridized carbons (Fsp3) is 0.406. The quantitative estimate of drug-likeness (QED) is 0.238. The van der Waals surface area contributed by atoms with Crippen LogP contribution in [-0.2, 0) is 19.1 Å². The number of aliphatic hydroxyl groups is 5. The van der Waals surface area contributed by atoms with Crippen molar-refractivity contribution in [3.63, 3.8) is 0 Å². The van der Waals surface area contributed by atoms with Crippen LogP contribution in [0.4, 0.5) is 0 Å². The topological polar surface area (TPSA) is 230 Å². The van der Waals surface area contributed by atoms with Crippen LogP contribution >= 0.6 is 0 Å². The van der Waals surface area contributed by atoms with Gasteiger partial charge in [0.1, 0.15) is 52.6 Å². The summed E-state index contributed by atoms with van der Waals surface area (Å²) in [5, 5.41) is 78.2. The third kappa shape index (κ3) is 3.77. The fourth-order valence-corrected chi connectivity index (χ4v) is 7.18. The van der Waals surface area contributed by atoms with Crippen LogP contribution in [0.5, 0.6) is 23.0 Å². The van der Waals surface area contributed by atoms with Crippen LogP contribution in [0.3, 0.4) is 0 Å². The first-order valence-corrected chi connectivity index (χ1v) is 14.4. The molecule has 7 atom stereocenters. The number of aromatic hydroxyl groups is 2. The summed E-state index contributed by atoms with van der Waals surface area (Å²) in [7, 11) is 2.07. The molecule has 0 spiro atoms. The van der Waals surface area contributed by atoms with Gasteiger partial charge >= 0.3 is 11.9 Å². The van der Waals surface area contributed by atoms with Gasteiger partial charge in [-0.1, -0.05) is 13.8 Å². The van der Waals surface area contributed by atoms with Gasteiger partial charge in [-0.15, -0.1) is 0 Å². The summed E-state index contributed by atoms with van der Waals surface area (Å²) < 4.78 is 21.6. The number of methoxy groups -OCH3 is 2. The van der Waals surface area contributed by atoms with E-state index in [0.29, 0.717) is 0 Å². The number of allylic oxidation sites excluding steroid dienone is 2. The lowest BCUT2D eigenvalue weighted by molar-refractivity contribution is -0.174. The molecule has 6 rings (SSSR count). The highest BCUT2D eigenvalue weighted by Gasteiger charge is 2.64. The summed E-state index contributed by atoms with van der Waals surface area (Å²) in [4.78, 5) is 39.9. The molecule has 14 nitrogen and oxygen atoms in total. The van der Waals surface area contributed by atoms with Gasteiger partial charge in [0.05, 0.1) is 36.7 Å². The number of phenols is 2. The van der Waals surface area contributed by atoms with Crippen molar-refractivity contribution in [2.75, 3.05) is 14.2 Å². The van der Waals surface area contributed by atoms with Crippen LogP contribution in [0.15, 0.2) is 46.9 Å². The van der Waals surface area contributed by atoms with Crippen molar-refractivity contribution in [3.05, 3.63) is 58.1 Å². The second-order valence-electron chi connectivity index (χ2n) is 12.0. The molecule has 2 aromatic carbocycles. The van der Waals surface area contributed by atoms with E-state index in [1.807, 2.05) is 0 Å².